The molecule has 2 fully saturated rings. The van der Waals surface area contributed by atoms with Crippen LogP contribution < -0.4 is 4.90 Å². The van der Waals surface area contributed by atoms with Crippen LogP contribution in [0.2, 0.25) is 0 Å². The van der Waals surface area contributed by atoms with E-state index >= 15 is 0 Å². The SMILES string of the molecule is Cc1ccccc1-c1noc(C2CC2)c1COC1CCN(c2nc3c(C)cc(C(=O)O)cc3s2)CC1. The van der Waals surface area contributed by atoms with Crippen molar-refractivity contribution in [2.75, 3.05) is 18.0 Å². The molecule has 3 heterocycles. The monoisotopic (exact) mass is 503 g/mol. The highest BCUT2D eigenvalue weighted by Crippen LogP contribution is 2.44. The second-order valence-corrected chi connectivity index (χ2v) is 10.9. The van der Waals surface area contributed by atoms with Gasteiger partial charge in [0.15, 0.2) is 5.13 Å². The number of carboxylic acids is 1. The minimum atomic E-state index is -0.906. The fourth-order valence-corrected chi connectivity index (χ4v) is 6.17. The molecule has 0 amide bonds. The molecule has 0 atom stereocenters. The van der Waals surface area contributed by atoms with Gasteiger partial charge in [-0.1, -0.05) is 40.8 Å². The Bertz CT molecular complexity index is 1430. The smallest absolute Gasteiger partial charge is 0.335 e. The second kappa shape index (κ2) is 9.33. The molecule has 36 heavy (non-hydrogen) atoms. The molecule has 0 radical (unpaired) electrons. The van der Waals surface area contributed by atoms with Crippen molar-refractivity contribution in [1.82, 2.24) is 10.1 Å². The number of aromatic carboxylic acids is 1. The number of nitrogens with zero attached hydrogens (tertiary/aromatic N) is 3. The van der Waals surface area contributed by atoms with Crippen LogP contribution in [0.25, 0.3) is 21.5 Å². The number of carboxylic acid groups (broad SMARTS) is 1. The van der Waals surface area contributed by atoms with Crippen LogP contribution >= 0.6 is 11.3 Å². The third kappa shape index (κ3) is 4.40. The van der Waals surface area contributed by atoms with Crippen LogP contribution in [0.5, 0.6) is 0 Å². The van der Waals surface area contributed by atoms with E-state index in [-0.39, 0.29) is 6.10 Å². The summed E-state index contributed by atoms with van der Waals surface area (Å²) in [5.41, 5.74) is 6.41. The summed E-state index contributed by atoms with van der Waals surface area (Å²) in [6.45, 7) is 6.26. The summed E-state index contributed by atoms with van der Waals surface area (Å²) in [5.74, 6) is 0.562. The summed E-state index contributed by atoms with van der Waals surface area (Å²) in [6, 6.07) is 11.7. The predicted molar refractivity (Wildman–Crippen MR) is 140 cm³/mol. The third-order valence-corrected chi connectivity index (χ3v) is 8.33. The van der Waals surface area contributed by atoms with Crippen molar-refractivity contribution in [3.63, 3.8) is 0 Å². The number of fused-ring (bicyclic) bond motifs is 1. The highest BCUT2D eigenvalue weighted by molar-refractivity contribution is 7.22. The molecule has 1 N–H and O–H groups in total. The van der Waals surface area contributed by atoms with Gasteiger partial charge in [-0.05, 0) is 62.8 Å². The van der Waals surface area contributed by atoms with E-state index in [1.165, 1.54) is 5.56 Å². The molecule has 2 aromatic carbocycles. The topological polar surface area (TPSA) is 88.7 Å². The van der Waals surface area contributed by atoms with E-state index in [1.807, 2.05) is 19.1 Å². The lowest BCUT2D eigenvalue weighted by Gasteiger charge is -2.31. The molecular formula is C28H29N3O4S. The Hall–Kier alpha value is -3.23. The normalized spacial score (nSPS) is 16.7. The van der Waals surface area contributed by atoms with Crippen molar-refractivity contribution < 1.29 is 19.2 Å². The van der Waals surface area contributed by atoms with E-state index in [4.69, 9.17) is 14.2 Å². The lowest BCUT2D eigenvalue weighted by atomic mass is 10.0. The average molecular weight is 504 g/mol. The molecule has 2 aromatic heterocycles. The summed E-state index contributed by atoms with van der Waals surface area (Å²) >= 11 is 1.57. The van der Waals surface area contributed by atoms with Crippen LogP contribution in [-0.4, -0.2) is 40.4 Å². The van der Waals surface area contributed by atoms with Crippen LogP contribution in [0.15, 0.2) is 40.9 Å². The average Bonchev–Trinajstić information content (AvgIpc) is 3.48. The van der Waals surface area contributed by atoms with Gasteiger partial charge in [0.25, 0.3) is 0 Å². The first-order valence-corrected chi connectivity index (χ1v) is 13.3. The van der Waals surface area contributed by atoms with Gasteiger partial charge >= 0.3 is 5.97 Å². The van der Waals surface area contributed by atoms with Gasteiger partial charge in [-0.15, -0.1) is 0 Å². The van der Waals surface area contributed by atoms with Crippen LogP contribution in [-0.2, 0) is 11.3 Å². The van der Waals surface area contributed by atoms with E-state index in [2.05, 4.69) is 29.1 Å². The number of piperidine rings is 1. The first-order chi connectivity index (χ1) is 17.5. The number of anilines is 1. The number of carbonyl (C=O) groups is 1. The second-order valence-electron chi connectivity index (χ2n) is 9.90. The summed E-state index contributed by atoms with van der Waals surface area (Å²) in [4.78, 5) is 18.5. The molecule has 1 aliphatic heterocycles. The Morgan fingerprint density at radius 1 is 1.14 bits per heavy atom. The van der Waals surface area contributed by atoms with Crippen molar-refractivity contribution in [3.05, 3.63) is 64.4 Å². The standard InChI is InChI=1S/C28H29N3O4S/c1-16-5-3-4-6-21(16)25-22(26(35-30-25)18-7-8-18)15-34-20-9-11-31(12-10-20)28-29-24-17(2)13-19(27(32)33)14-23(24)36-28/h3-6,13-14,18,20H,7-12,15H2,1-2H3,(H,32,33). The summed E-state index contributed by atoms with van der Waals surface area (Å²) in [5, 5.41) is 14.8. The molecule has 0 unspecified atom stereocenters. The number of aromatic nitrogens is 2. The predicted octanol–water partition coefficient (Wildman–Crippen LogP) is 6.33. The molecule has 8 heteroatoms. The number of thiazole rings is 1. The number of ether oxygens (including phenoxy) is 1. The minimum Gasteiger partial charge on any atom is -0.478 e. The van der Waals surface area contributed by atoms with E-state index in [0.29, 0.717) is 18.1 Å². The maximum Gasteiger partial charge on any atom is 0.335 e. The Morgan fingerprint density at radius 3 is 2.64 bits per heavy atom. The highest BCUT2D eigenvalue weighted by Gasteiger charge is 2.33. The molecule has 0 spiro atoms. The molecular weight excluding hydrogens is 474 g/mol. The highest BCUT2D eigenvalue weighted by atomic mass is 32.1. The molecule has 0 bridgehead atoms. The number of benzene rings is 2. The zero-order valence-corrected chi connectivity index (χ0v) is 21.3. The number of aryl methyl sites for hydroxylation is 2. The Labute approximate surface area is 213 Å². The number of rotatable bonds is 7. The molecule has 1 saturated carbocycles. The minimum absolute atomic E-state index is 0.169. The molecule has 7 nitrogen and oxygen atoms in total. The number of hydrogen-bond acceptors (Lipinski definition) is 7. The Balaban J connectivity index is 1.14. The lowest BCUT2D eigenvalue weighted by Crippen LogP contribution is -2.37. The van der Waals surface area contributed by atoms with Crippen molar-refractivity contribution in [1.29, 1.82) is 0 Å². The van der Waals surface area contributed by atoms with E-state index < -0.39 is 5.97 Å². The van der Waals surface area contributed by atoms with Gasteiger partial charge in [0.1, 0.15) is 11.5 Å². The van der Waals surface area contributed by atoms with Crippen molar-refractivity contribution >= 4 is 32.7 Å². The van der Waals surface area contributed by atoms with Gasteiger partial charge in [-0.3, -0.25) is 0 Å². The Morgan fingerprint density at radius 2 is 1.92 bits per heavy atom. The van der Waals surface area contributed by atoms with Gasteiger partial charge in [0, 0.05) is 30.1 Å². The van der Waals surface area contributed by atoms with Crippen molar-refractivity contribution in [2.24, 2.45) is 0 Å². The van der Waals surface area contributed by atoms with Crippen molar-refractivity contribution in [3.8, 4) is 11.3 Å². The quantitative estimate of drug-likeness (QED) is 0.315. The first kappa shape index (κ1) is 23.2. The molecule has 1 aliphatic carbocycles. The zero-order chi connectivity index (χ0) is 24.8. The Kier molecular flexibility index (Phi) is 6.01. The molecule has 6 rings (SSSR count). The van der Waals surface area contributed by atoms with Crippen LogP contribution in [0, 0.1) is 13.8 Å². The van der Waals surface area contributed by atoms with Gasteiger partial charge in [-0.25, -0.2) is 9.78 Å². The van der Waals surface area contributed by atoms with E-state index in [0.717, 1.165) is 82.3 Å². The molecule has 186 valence electrons. The summed E-state index contributed by atoms with van der Waals surface area (Å²) in [7, 11) is 0. The molecule has 1 saturated heterocycles. The largest absolute Gasteiger partial charge is 0.478 e. The van der Waals surface area contributed by atoms with Crippen LogP contribution in [0.3, 0.4) is 0 Å². The maximum atomic E-state index is 11.4. The molecule has 2 aliphatic rings. The zero-order valence-electron chi connectivity index (χ0n) is 20.5. The van der Waals surface area contributed by atoms with Gasteiger partial charge in [0.2, 0.25) is 0 Å². The van der Waals surface area contributed by atoms with Gasteiger partial charge < -0.3 is 19.3 Å². The van der Waals surface area contributed by atoms with E-state index in [1.54, 1.807) is 23.5 Å². The fraction of sp³-hybridized carbons (Fsp3) is 0.393. The summed E-state index contributed by atoms with van der Waals surface area (Å²) < 4.78 is 13.2. The fourth-order valence-electron chi connectivity index (χ4n) is 5.04. The van der Waals surface area contributed by atoms with E-state index in [9.17, 15) is 9.90 Å². The first-order valence-electron chi connectivity index (χ1n) is 12.5. The van der Waals surface area contributed by atoms with Crippen LogP contribution in [0.4, 0.5) is 5.13 Å². The maximum absolute atomic E-state index is 11.4. The third-order valence-electron chi connectivity index (χ3n) is 7.26. The van der Waals surface area contributed by atoms with Crippen LogP contribution in [0.1, 0.15) is 64.4 Å². The number of hydrogen-bond donors (Lipinski definition) is 1. The van der Waals surface area contributed by atoms with Gasteiger partial charge in [0.05, 0.1) is 28.5 Å². The molecule has 4 aromatic rings. The summed E-state index contributed by atoms with van der Waals surface area (Å²) in [6.07, 6.45) is 4.31. The lowest BCUT2D eigenvalue weighted by molar-refractivity contribution is 0.0246. The van der Waals surface area contributed by atoms with Crippen molar-refractivity contribution in [2.45, 2.75) is 58.2 Å². The van der Waals surface area contributed by atoms with Gasteiger partial charge in [-0.2, -0.15) is 0 Å².